The Morgan fingerprint density at radius 2 is 1.80 bits per heavy atom. The number of hydrazine groups is 1. The molecule has 3 rings (SSSR count). The first kappa shape index (κ1) is 21.5. The lowest BCUT2D eigenvalue weighted by atomic mass is 10.1. The summed E-state index contributed by atoms with van der Waals surface area (Å²) in [4.78, 5) is 24.3. The first-order valence-electron chi connectivity index (χ1n) is 10.3. The van der Waals surface area contributed by atoms with Gasteiger partial charge in [-0.1, -0.05) is 19.4 Å². The van der Waals surface area contributed by atoms with Crippen LogP contribution < -0.4 is 25.1 Å². The van der Waals surface area contributed by atoms with Crippen molar-refractivity contribution in [2.24, 2.45) is 0 Å². The molecule has 0 unspecified atom stereocenters. The van der Waals surface area contributed by atoms with Crippen LogP contribution in [0.5, 0.6) is 17.2 Å². The fourth-order valence-electron chi connectivity index (χ4n) is 3.28. The van der Waals surface area contributed by atoms with Crippen LogP contribution in [0.3, 0.4) is 0 Å². The summed E-state index contributed by atoms with van der Waals surface area (Å²) < 4.78 is 16.5. The van der Waals surface area contributed by atoms with E-state index in [4.69, 9.17) is 14.2 Å². The number of ether oxygens (including phenoxy) is 3. The molecule has 0 saturated heterocycles. The number of aryl methyl sites for hydroxylation is 2. The van der Waals surface area contributed by atoms with Crippen molar-refractivity contribution in [3.63, 3.8) is 0 Å². The molecule has 2 N–H and O–H groups in total. The Morgan fingerprint density at radius 1 is 0.967 bits per heavy atom. The van der Waals surface area contributed by atoms with Crippen LogP contribution in [-0.4, -0.2) is 32.1 Å². The number of hydrogen-bond acceptors (Lipinski definition) is 5. The molecular formula is C23H28N2O5. The standard InChI is InChI=1S/C23H28N2O5/c1-3-4-12-29-20-11-9-18(14-21(20)28-2)23(27)25-24-22(26)15-30-19-10-8-16-6-5-7-17(16)13-19/h8-11,13-14H,3-7,12,15H2,1-2H3,(H,24,26)(H,25,27). The van der Waals surface area contributed by atoms with Gasteiger partial charge in [0, 0.05) is 5.56 Å². The molecule has 0 saturated carbocycles. The van der Waals surface area contributed by atoms with E-state index in [1.807, 2.05) is 18.2 Å². The third-order valence-electron chi connectivity index (χ3n) is 4.94. The maximum absolute atomic E-state index is 12.3. The first-order chi connectivity index (χ1) is 14.6. The van der Waals surface area contributed by atoms with Crippen molar-refractivity contribution >= 4 is 11.8 Å². The summed E-state index contributed by atoms with van der Waals surface area (Å²) in [5, 5.41) is 0. The molecular weight excluding hydrogens is 384 g/mol. The molecule has 0 fully saturated rings. The van der Waals surface area contributed by atoms with Crippen molar-refractivity contribution in [3.8, 4) is 17.2 Å². The molecule has 0 heterocycles. The number of nitrogens with one attached hydrogen (secondary N) is 2. The Bertz CT molecular complexity index is 897. The lowest BCUT2D eigenvalue weighted by Gasteiger charge is -2.13. The van der Waals surface area contributed by atoms with E-state index in [1.165, 1.54) is 18.2 Å². The predicted octanol–water partition coefficient (Wildman–Crippen LogP) is 3.20. The summed E-state index contributed by atoms with van der Waals surface area (Å²) in [6.45, 7) is 2.48. The second-order valence-corrected chi connectivity index (χ2v) is 7.14. The molecule has 160 valence electrons. The van der Waals surface area contributed by atoms with Crippen molar-refractivity contribution < 1.29 is 23.8 Å². The molecule has 0 bridgehead atoms. The van der Waals surface area contributed by atoms with Crippen molar-refractivity contribution in [1.29, 1.82) is 0 Å². The van der Waals surface area contributed by atoms with Crippen molar-refractivity contribution in [3.05, 3.63) is 53.1 Å². The normalized spacial score (nSPS) is 12.1. The van der Waals surface area contributed by atoms with E-state index in [-0.39, 0.29) is 6.61 Å². The molecule has 0 radical (unpaired) electrons. The number of rotatable bonds is 9. The lowest BCUT2D eigenvalue weighted by Crippen LogP contribution is -2.43. The minimum absolute atomic E-state index is 0.188. The van der Waals surface area contributed by atoms with Crippen LogP contribution in [0.15, 0.2) is 36.4 Å². The number of methoxy groups -OCH3 is 1. The van der Waals surface area contributed by atoms with Gasteiger partial charge in [0.05, 0.1) is 13.7 Å². The minimum atomic E-state index is -0.459. The maximum atomic E-state index is 12.3. The van der Waals surface area contributed by atoms with Gasteiger partial charge in [-0.25, -0.2) is 0 Å². The fourth-order valence-corrected chi connectivity index (χ4v) is 3.28. The smallest absolute Gasteiger partial charge is 0.276 e. The van der Waals surface area contributed by atoms with Gasteiger partial charge in [0.15, 0.2) is 18.1 Å². The number of fused-ring (bicyclic) bond motifs is 1. The van der Waals surface area contributed by atoms with E-state index in [9.17, 15) is 9.59 Å². The minimum Gasteiger partial charge on any atom is -0.493 e. The van der Waals surface area contributed by atoms with E-state index < -0.39 is 11.8 Å². The van der Waals surface area contributed by atoms with Crippen LogP contribution >= 0.6 is 0 Å². The van der Waals surface area contributed by atoms with Gasteiger partial charge in [-0.05, 0) is 67.1 Å². The molecule has 0 aliphatic heterocycles. The third-order valence-corrected chi connectivity index (χ3v) is 4.94. The Kier molecular flexibility index (Phi) is 7.54. The Hall–Kier alpha value is -3.22. The van der Waals surface area contributed by atoms with Gasteiger partial charge in [-0.15, -0.1) is 0 Å². The van der Waals surface area contributed by atoms with E-state index in [0.717, 1.165) is 32.1 Å². The van der Waals surface area contributed by atoms with Crippen LogP contribution in [0.4, 0.5) is 0 Å². The summed E-state index contributed by atoms with van der Waals surface area (Å²) >= 11 is 0. The maximum Gasteiger partial charge on any atom is 0.276 e. The molecule has 2 amide bonds. The molecule has 30 heavy (non-hydrogen) atoms. The zero-order valence-electron chi connectivity index (χ0n) is 17.5. The quantitative estimate of drug-likeness (QED) is 0.488. The molecule has 2 aromatic carbocycles. The third kappa shape index (κ3) is 5.65. The Morgan fingerprint density at radius 3 is 2.60 bits per heavy atom. The zero-order chi connectivity index (χ0) is 21.3. The van der Waals surface area contributed by atoms with Gasteiger partial charge in [0.2, 0.25) is 0 Å². The second kappa shape index (κ2) is 10.5. The SMILES string of the molecule is CCCCOc1ccc(C(=O)NNC(=O)COc2ccc3c(c2)CCC3)cc1OC. The van der Waals surface area contributed by atoms with E-state index in [0.29, 0.717) is 29.4 Å². The zero-order valence-corrected chi connectivity index (χ0v) is 17.5. The van der Waals surface area contributed by atoms with Gasteiger partial charge in [0.1, 0.15) is 5.75 Å². The van der Waals surface area contributed by atoms with E-state index in [2.05, 4.69) is 17.8 Å². The molecule has 0 aromatic heterocycles. The number of unbranched alkanes of at least 4 members (excludes halogenated alkanes) is 1. The van der Waals surface area contributed by atoms with Gasteiger partial charge in [-0.3, -0.25) is 20.4 Å². The van der Waals surface area contributed by atoms with Crippen molar-refractivity contribution in [2.45, 2.75) is 39.0 Å². The number of benzene rings is 2. The Balaban J connectivity index is 1.47. The molecule has 0 spiro atoms. The summed E-state index contributed by atoms with van der Waals surface area (Å²) in [6, 6.07) is 10.8. The molecule has 2 aromatic rings. The number of hydrogen-bond donors (Lipinski definition) is 2. The fraction of sp³-hybridized carbons (Fsp3) is 0.391. The highest BCUT2D eigenvalue weighted by Gasteiger charge is 2.14. The van der Waals surface area contributed by atoms with Gasteiger partial charge in [-0.2, -0.15) is 0 Å². The summed E-state index contributed by atoms with van der Waals surface area (Å²) in [7, 11) is 1.52. The van der Waals surface area contributed by atoms with Crippen LogP contribution in [-0.2, 0) is 17.6 Å². The molecule has 1 aliphatic rings. The van der Waals surface area contributed by atoms with Crippen LogP contribution in [0, 0.1) is 0 Å². The highest BCUT2D eigenvalue weighted by atomic mass is 16.5. The van der Waals surface area contributed by atoms with Crippen LogP contribution in [0.25, 0.3) is 0 Å². The molecule has 0 atom stereocenters. The average molecular weight is 412 g/mol. The summed E-state index contributed by atoms with van der Waals surface area (Å²) in [6.07, 6.45) is 5.25. The Labute approximate surface area is 176 Å². The monoisotopic (exact) mass is 412 g/mol. The van der Waals surface area contributed by atoms with Crippen LogP contribution in [0.2, 0.25) is 0 Å². The van der Waals surface area contributed by atoms with Crippen molar-refractivity contribution in [1.82, 2.24) is 10.9 Å². The number of amides is 2. The molecule has 1 aliphatic carbocycles. The van der Waals surface area contributed by atoms with Gasteiger partial charge < -0.3 is 14.2 Å². The number of carbonyl (C=O) groups is 2. The van der Waals surface area contributed by atoms with Gasteiger partial charge >= 0.3 is 0 Å². The second-order valence-electron chi connectivity index (χ2n) is 7.14. The van der Waals surface area contributed by atoms with Crippen LogP contribution in [0.1, 0.15) is 47.7 Å². The molecule has 7 nitrogen and oxygen atoms in total. The average Bonchev–Trinajstić information content (AvgIpc) is 3.24. The summed E-state index contributed by atoms with van der Waals surface area (Å²) in [5.41, 5.74) is 7.71. The van der Waals surface area contributed by atoms with Gasteiger partial charge in [0.25, 0.3) is 11.8 Å². The highest BCUT2D eigenvalue weighted by molar-refractivity contribution is 5.96. The van der Waals surface area contributed by atoms with E-state index in [1.54, 1.807) is 18.2 Å². The van der Waals surface area contributed by atoms with E-state index >= 15 is 0 Å². The molecule has 7 heteroatoms. The summed E-state index contributed by atoms with van der Waals surface area (Å²) in [5.74, 6) is 0.787. The number of carbonyl (C=O) groups excluding carboxylic acids is 2. The predicted molar refractivity (Wildman–Crippen MR) is 113 cm³/mol. The topological polar surface area (TPSA) is 85.9 Å². The largest absolute Gasteiger partial charge is 0.493 e. The first-order valence-corrected chi connectivity index (χ1v) is 10.3. The van der Waals surface area contributed by atoms with Crippen molar-refractivity contribution in [2.75, 3.05) is 20.3 Å². The lowest BCUT2D eigenvalue weighted by molar-refractivity contribution is -0.123. The highest BCUT2D eigenvalue weighted by Crippen LogP contribution is 2.28.